The smallest absolute Gasteiger partial charge is 0.245 e. The molecule has 0 aliphatic carbocycles. The normalized spacial score (nSPS) is 16.3. The van der Waals surface area contributed by atoms with Crippen LogP contribution in [-0.4, -0.2) is 63.2 Å². The zero-order chi connectivity index (χ0) is 24.2. The summed E-state index contributed by atoms with van der Waals surface area (Å²) in [6.45, 7) is 4.57. The fourth-order valence-corrected chi connectivity index (χ4v) is 5.90. The molecule has 3 rings (SSSR count). The average Bonchev–Trinajstić information content (AvgIpc) is 2.74. The lowest BCUT2D eigenvalue weighted by Gasteiger charge is -2.36. The molecule has 0 fully saturated rings. The summed E-state index contributed by atoms with van der Waals surface area (Å²) in [5, 5.41) is 5.52. The number of carbonyl (C=O) groups excluding carboxylic acids is 2. The van der Waals surface area contributed by atoms with Gasteiger partial charge in [-0.2, -0.15) is 4.31 Å². The lowest BCUT2D eigenvalue weighted by Crippen LogP contribution is -2.43. The van der Waals surface area contributed by atoms with Crippen molar-refractivity contribution in [2.75, 3.05) is 39.0 Å². The second kappa shape index (κ2) is 10.5. The highest BCUT2D eigenvalue weighted by Crippen LogP contribution is 2.38. The van der Waals surface area contributed by atoms with Crippen molar-refractivity contribution in [3.05, 3.63) is 59.2 Å². The monoisotopic (exact) mass is 472 g/mol. The van der Waals surface area contributed by atoms with Crippen molar-refractivity contribution in [3.63, 3.8) is 0 Å². The van der Waals surface area contributed by atoms with Crippen LogP contribution in [-0.2, 0) is 26.0 Å². The van der Waals surface area contributed by atoms with Crippen LogP contribution in [0.15, 0.2) is 47.4 Å². The minimum atomic E-state index is -4.00. The number of anilines is 1. The second-order valence-corrected chi connectivity index (χ2v) is 10.5. The molecule has 178 valence electrons. The van der Waals surface area contributed by atoms with Gasteiger partial charge in [-0.15, -0.1) is 0 Å². The Kier molecular flexibility index (Phi) is 7.88. The zero-order valence-corrected chi connectivity index (χ0v) is 20.4. The Morgan fingerprint density at radius 2 is 1.88 bits per heavy atom. The van der Waals surface area contributed by atoms with Gasteiger partial charge in [0.25, 0.3) is 0 Å². The third kappa shape index (κ3) is 5.98. The van der Waals surface area contributed by atoms with Crippen LogP contribution in [0, 0.1) is 6.92 Å². The summed E-state index contributed by atoms with van der Waals surface area (Å²) in [5.74, 6) is -0.554. The zero-order valence-electron chi connectivity index (χ0n) is 19.6. The minimum absolute atomic E-state index is 0.0188. The van der Waals surface area contributed by atoms with Crippen molar-refractivity contribution in [3.8, 4) is 0 Å². The predicted molar refractivity (Wildman–Crippen MR) is 128 cm³/mol. The summed E-state index contributed by atoms with van der Waals surface area (Å²) >= 11 is 0. The standard InChI is InChI=1S/C24H32N4O4S/c1-17-9-10-21(26-18(2)29)23(15-17)33(31,32)28-13-11-19-7-5-6-8-20(19)22(28)16-24(30)25-12-14-27(3)4/h5-10,15,22H,11-14,16H2,1-4H3,(H,25,30)(H,26,29)/t22-/m0/s1. The van der Waals surface area contributed by atoms with Crippen LogP contribution in [0.25, 0.3) is 0 Å². The molecule has 0 aromatic heterocycles. The van der Waals surface area contributed by atoms with Gasteiger partial charge in [0, 0.05) is 33.0 Å². The fraction of sp³-hybridized carbons (Fsp3) is 0.417. The molecular formula is C24H32N4O4S. The van der Waals surface area contributed by atoms with E-state index < -0.39 is 16.1 Å². The SMILES string of the molecule is CC(=O)Nc1ccc(C)cc1S(=O)(=O)N1CCc2ccccc2[C@@H]1CC(=O)NCCN(C)C. The van der Waals surface area contributed by atoms with Gasteiger partial charge in [-0.1, -0.05) is 30.3 Å². The number of nitrogens with zero attached hydrogens (tertiary/aromatic N) is 2. The number of aryl methyl sites for hydroxylation is 1. The van der Waals surface area contributed by atoms with Crippen LogP contribution in [0.4, 0.5) is 5.69 Å². The molecule has 0 spiro atoms. The van der Waals surface area contributed by atoms with E-state index in [9.17, 15) is 18.0 Å². The molecule has 1 aliphatic heterocycles. The van der Waals surface area contributed by atoms with Crippen molar-refractivity contribution >= 4 is 27.5 Å². The molecular weight excluding hydrogens is 440 g/mol. The maximum absolute atomic E-state index is 13.9. The van der Waals surface area contributed by atoms with E-state index in [0.717, 1.165) is 16.7 Å². The molecule has 0 radical (unpaired) electrons. The Balaban J connectivity index is 1.98. The Morgan fingerprint density at radius 1 is 1.15 bits per heavy atom. The van der Waals surface area contributed by atoms with Crippen LogP contribution < -0.4 is 10.6 Å². The fourth-order valence-electron chi connectivity index (χ4n) is 4.06. The molecule has 0 bridgehead atoms. The number of benzene rings is 2. The number of carbonyl (C=O) groups is 2. The highest BCUT2D eigenvalue weighted by molar-refractivity contribution is 7.89. The van der Waals surface area contributed by atoms with E-state index in [1.807, 2.05) is 43.3 Å². The third-order valence-corrected chi connectivity index (χ3v) is 7.61. The number of hydrogen-bond donors (Lipinski definition) is 2. The number of fused-ring (bicyclic) bond motifs is 1. The van der Waals surface area contributed by atoms with Crippen molar-refractivity contribution in [2.24, 2.45) is 0 Å². The molecule has 2 amide bonds. The van der Waals surface area contributed by atoms with Crippen molar-refractivity contribution in [1.29, 1.82) is 0 Å². The summed E-state index contributed by atoms with van der Waals surface area (Å²) in [5.41, 5.74) is 2.88. The van der Waals surface area contributed by atoms with Crippen LogP contribution in [0.5, 0.6) is 0 Å². The van der Waals surface area contributed by atoms with E-state index in [4.69, 9.17) is 0 Å². The first kappa shape index (κ1) is 24.9. The van der Waals surface area contributed by atoms with Crippen LogP contribution >= 0.6 is 0 Å². The molecule has 2 aromatic carbocycles. The van der Waals surface area contributed by atoms with Gasteiger partial charge >= 0.3 is 0 Å². The predicted octanol–water partition coefficient (Wildman–Crippen LogP) is 2.31. The summed E-state index contributed by atoms with van der Waals surface area (Å²) in [4.78, 5) is 26.5. The lowest BCUT2D eigenvalue weighted by atomic mass is 9.92. The van der Waals surface area contributed by atoms with Crippen molar-refractivity contribution in [2.45, 2.75) is 37.6 Å². The molecule has 0 saturated heterocycles. The summed E-state index contributed by atoms with van der Waals surface area (Å²) in [6.07, 6.45) is 0.570. The minimum Gasteiger partial charge on any atom is -0.355 e. The Morgan fingerprint density at radius 3 is 2.58 bits per heavy atom. The molecule has 1 atom stereocenters. The van der Waals surface area contributed by atoms with Gasteiger partial charge in [-0.25, -0.2) is 8.42 Å². The van der Waals surface area contributed by atoms with E-state index in [1.54, 1.807) is 25.1 Å². The van der Waals surface area contributed by atoms with Crippen molar-refractivity contribution < 1.29 is 18.0 Å². The largest absolute Gasteiger partial charge is 0.355 e. The van der Waals surface area contributed by atoms with E-state index in [1.165, 1.54) is 11.2 Å². The van der Waals surface area contributed by atoms with Gasteiger partial charge in [0.05, 0.1) is 11.7 Å². The molecule has 9 heteroatoms. The number of hydrogen-bond acceptors (Lipinski definition) is 5. The molecule has 2 aromatic rings. The maximum Gasteiger partial charge on any atom is 0.245 e. The van der Waals surface area contributed by atoms with Crippen LogP contribution in [0.3, 0.4) is 0 Å². The third-order valence-electron chi connectivity index (χ3n) is 5.66. The van der Waals surface area contributed by atoms with Crippen LogP contribution in [0.2, 0.25) is 0 Å². The number of likely N-dealkylation sites (N-methyl/N-ethyl adjacent to an activating group) is 1. The van der Waals surface area contributed by atoms with Crippen LogP contribution in [0.1, 0.15) is 36.1 Å². The lowest BCUT2D eigenvalue weighted by molar-refractivity contribution is -0.122. The Labute approximate surface area is 196 Å². The molecule has 1 aliphatic rings. The van der Waals surface area contributed by atoms with E-state index >= 15 is 0 Å². The van der Waals surface area contributed by atoms with Gasteiger partial charge in [-0.3, -0.25) is 9.59 Å². The van der Waals surface area contributed by atoms with Gasteiger partial charge < -0.3 is 15.5 Å². The maximum atomic E-state index is 13.9. The van der Waals surface area contributed by atoms with Crippen molar-refractivity contribution in [1.82, 2.24) is 14.5 Å². The number of rotatable bonds is 8. The van der Waals surface area contributed by atoms with Gasteiger partial charge in [-0.05, 0) is 56.3 Å². The first-order chi connectivity index (χ1) is 15.6. The molecule has 1 heterocycles. The topological polar surface area (TPSA) is 98.8 Å². The Bertz CT molecular complexity index is 1130. The highest BCUT2D eigenvalue weighted by atomic mass is 32.2. The number of nitrogens with one attached hydrogen (secondary N) is 2. The quantitative estimate of drug-likeness (QED) is 0.614. The highest BCUT2D eigenvalue weighted by Gasteiger charge is 2.38. The molecule has 0 saturated carbocycles. The molecule has 2 N–H and O–H groups in total. The number of sulfonamides is 1. The average molecular weight is 473 g/mol. The summed E-state index contributed by atoms with van der Waals surface area (Å²) in [6, 6.07) is 11.9. The molecule has 8 nitrogen and oxygen atoms in total. The van der Waals surface area contributed by atoms with Gasteiger partial charge in [0.2, 0.25) is 21.8 Å². The van der Waals surface area contributed by atoms with Gasteiger partial charge in [0.15, 0.2) is 0 Å². The van der Waals surface area contributed by atoms with E-state index in [0.29, 0.717) is 19.5 Å². The summed E-state index contributed by atoms with van der Waals surface area (Å²) in [7, 11) is -0.156. The first-order valence-corrected chi connectivity index (χ1v) is 12.4. The molecule has 0 unspecified atom stereocenters. The Hall–Kier alpha value is -2.75. The first-order valence-electron chi connectivity index (χ1n) is 11.0. The van der Waals surface area contributed by atoms with E-state index in [2.05, 4.69) is 10.6 Å². The van der Waals surface area contributed by atoms with E-state index in [-0.39, 0.29) is 35.4 Å². The molecule has 33 heavy (non-hydrogen) atoms. The second-order valence-electron chi connectivity index (χ2n) is 8.62. The van der Waals surface area contributed by atoms with Gasteiger partial charge in [0.1, 0.15) is 4.90 Å². The summed E-state index contributed by atoms with van der Waals surface area (Å²) < 4.78 is 29.2. The number of amides is 2.